The van der Waals surface area contributed by atoms with Crippen LogP contribution in [0.5, 0.6) is 0 Å². The van der Waals surface area contributed by atoms with Gasteiger partial charge in [-0.1, -0.05) is 0 Å². The first-order valence-corrected chi connectivity index (χ1v) is 5.86. The number of halogens is 1. The minimum absolute atomic E-state index is 0.175. The van der Waals surface area contributed by atoms with Crippen molar-refractivity contribution in [2.75, 3.05) is 11.4 Å². The number of aliphatic carboxylic acids is 1. The molecule has 0 aliphatic carbocycles. The van der Waals surface area contributed by atoms with E-state index in [-0.39, 0.29) is 11.3 Å². The summed E-state index contributed by atoms with van der Waals surface area (Å²) in [6.45, 7) is 1.91. The Morgan fingerprint density at radius 3 is 2.84 bits per heavy atom. The van der Waals surface area contributed by atoms with E-state index in [9.17, 15) is 19.3 Å². The van der Waals surface area contributed by atoms with Crippen LogP contribution in [-0.2, 0) is 4.79 Å². The summed E-state index contributed by atoms with van der Waals surface area (Å²) in [6.07, 6.45) is 1.08. The summed E-state index contributed by atoms with van der Waals surface area (Å²) < 4.78 is 13.4. The van der Waals surface area contributed by atoms with E-state index in [1.807, 2.05) is 0 Å². The highest BCUT2D eigenvalue weighted by atomic mass is 19.1. The van der Waals surface area contributed by atoms with Crippen LogP contribution in [0, 0.1) is 22.9 Å². The van der Waals surface area contributed by atoms with Crippen LogP contribution in [0.15, 0.2) is 12.1 Å². The number of nitrogens with zero attached hydrogens (tertiary/aromatic N) is 2. The maximum atomic E-state index is 13.4. The van der Waals surface area contributed by atoms with Crippen molar-refractivity contribution in [3.63, 3.8) is 0 Å². The molecule has 0 amide bonds. The predicted molar refractivity (Wildman–Crippen MR) is 65.8 cm³/mol. The highest BCUT2D eigenvalue weighted by Gasteiger charge is 2.34. The SMILES string of the molecule is Cc1cc(N2CCCC2C(=O)O)c([N+](=O)[O-])cc1F. The molecule has 7 heteroatoms. The third kappa shape index (κ3) is 2.35. The van der Waals surface area contributed by atoms with Gasteiger partial charge in [0, 0.05) is 6.54 Å². The molecule has 0 saturated carbocycles. The van der Waals surface area contributed by atoms with Crippen LogP contribution >= 0.6 is 0 Å². The fourth-order valence-corrected chi connectivity index (χ4v) is 2.34. The third-order valence-corrected chi connectivity index (χ3v) is 3.30. The Balaban J connectivity index is 2.51. The fourth-order valence-electron chi connectivity index (χ4n) is 2.34. The fraction of sp³-hybridized carbons (Fsp3) is 0.417. The Labute approximate surface area is 108 Å². The van der Waals surface area contributed by atoms with Crippen molar-refractivity contribution in [3.8, 4) is 0 Å². The predicted octanol–water partition coefficient (Wildman–Crippen LogP) is 2.10. The van der Waals surface area contributed by atoms with E-state index >= 15 is 0 Å². The molecule has 0 aromatic heterocycles. The minimum Gasteiger partial charge on any atom is -0.480 e. The topological polar surface area (TPSA) is 83.7 Å². The summed E-state index contributed by atoms with van der Waals surface area (Å²) in [4.78, 5) is 22.9. The molecule has 0 bridgehead atoms. The molecule has 0 spiro atoms. The lowest BCUT2D eigenvalue weighted by molar-refractivity contribution is -0.384. The lowest BCUT2D eigenvalue weighted by atomic mass is 10.1. The molecule has 2 rings (SSSR count). The number of nitro groups is 1. The van der Waals surface area contributed by atoms with Gasteiger partial charge in [0.05, 0.1) is 11.0 Å². The molecule has 102 valence electrons. The van der Waals surface area contributed by atoms with Crippen molar-refractivity contribution in [2.45, 2.75) is 25.8 Å². The highest BCUT2D eigenvalue weighted by molar-refractivity contribution is 5.81. The molecule has 1 unspecified atom stereocenters. The van der Waals surface area contributed by atoms with Gasteiger partial charge in [0.2, 0.25) is 0 Å². The normalized spacial score (nSPS) is 18.6. The van der Waals surface area contributed by atoms with Gasteiger partial charge in [-0.3, -0.25) is 10.1 Å². The van der Waals surface area contributed by atoms with Gasteiger partial charge in [-0.15, -0.1) is 0 Å². The van der Waals surface area contributed by atoms with Crippen LogP contribution < -0.4 is 4.90 Å². The van der Waals surface area contributed by atoms with E-state index < -0.39 is 28.4 Å². The van der Waals surface area contributed by atoms with E-state index in [4.69, 9.17) is 5.11 Å². The Morgan fingerprint density at radius 1 is 1.58 bits per heavy atom. The molecule has 1 heterocycles. The second-order valence-electron chi connectivity index (χ2n) is 4.54. The quantitative estimate of drug-likeness (QED) is 0.670. The van der Waals surface area contributed by atoms with Gasteiger partial charge in [0.15, 0.2) is 0 Å². The standard InChI is InChI=1S/C12H13FN2O4/c1-7-5-10(11(15(18)19)6-8(7)13)14-4-2-3-9(14)12(16)17/h5-6,9H,2-4H2,1H3,(H,16,17). The number of anilines is 1. The summed E-state index contributed by atoms with van der Waals surface area (Å²) in [5, 5.41) is 20.1. The number of nitro benzene ring substituents is 1. The number of benzene rings is 1. The second-order valence-corrected chi connectivity index (χ2v) is 4.54. The zero-order valence-corrected chi connectivity index (χ0v) is 10.3. The van der Waals surface area contributed by atoms with E-state index in [0.717, 1.165) is 6.07 Å². The molecule has 1 fully saturated rings. The van der Waals surface area contributed by atoms with Gasteiger partial charge in [0.1, 0.15) is 17.5 Å². The smallest absolute Gasteiger partial charge is 0.326 e. The lowest BCUT2D eigenvalue weighted by Crippen LogP contribution is -2.36. The molecule has 1 aliphatic heterocycles. The molecular weight excluding hydrogens is 255 g/mol. The first kappa shape index (κ1) is 13.3. The number of rotatable bonds is 3. The highest BCUT2D eigenvalue weighted by Crippen LogP contribution is 2.35. The van der Waals surface area contributed by atoms with Crippen molar-refractivity contribution in [3.05, 3.63) is 33.6 Å². The minimum atomic E-state index is -1.02. The molecular formula is C12H13FN2O4. The van der Waals surface area contributed by atoms with Crippen LogP contribution in [0.2, 0.25) is 0 Å². The van der Waals surface area contributed by atoms with Crippen LogP contribution in [0.3, 0.4) is 0 Å². The average Bonchev–Trinajstić information content (AvgIpc) is 2.80. The molecule has 1 aliphatic rings. The largest absolute Gasteiger partial charge is 0.480 e. The molecule has 19 heavy (non-hydrogen) atoms. The third-order valence-electron chi connectivity index (χ3n) is 3.30. The molecule has 1 saturated heterocycles. The van der Waals surface area contributed by atoms with Crippen LogP contribution in [0.4, 0.5) is 15.8 Å². The van der Waals surface area contributed by atoms with E-state index in [1.165, 1.54) is 17.9 Å². The first-order chi connectivity index (χ1) is 8.91. The zero-order chi connectivity index (χ0) is 14.2. The van der Waals surface area contributed by atoms with Crippen molar-refractivity contribution >= 4 is 17.3 Å². The Morgan fingerprint density at radius 2 is 2.26 bits per heavy atom. The Bertz CT molecular complexity index is 547. The molecule has 1 aromatic rings. The zero-order valence-electron chi connectivity index (χ0n) is 10.3. The summed E-state index contributed by atoms with van der Waals surface area (Å²) in [6, 6.07) is 1.40. The molecule has 1 N–H and O–H groups in total. The van der Waals surface area contributed by atoms with Gasteiger partial charge >= 0.3 is 5.97 Å². The molecule has 6 nitrogen and oxygen atoms in total. The first-order valence-electron chi connectivity index (χ1n) is 5.86. The van der Waals surface area contributed by atoms with Crippen LogP contribution in [0.1, 0.15) is 18.4 Å². The lowest BCUT2D eigenvalue weighted by Gasteiger charge is -2.23. The van der Waals surface area contributed by atoms with Crippen molar-refractivity contribution in [2.24, 2.45) is 0 Å². The second kappa shape index (κ2) is 4.83. The van der Waals surface area contributed by atoms with Gasteiger partial charge in [-0.2, -0.15) is 0 Å². The van der Waals surface area contributed by atoms with Crippen molar-refractivity contribution in [1.82, 2.24) is 0 Å². The number of carboxylic acid groups (broad SMARTS) is 1. The monoisotopic (exact) mass is 268 g/mol. The number of carboxylic acids is 1. The Hall–Kier alpha value is -2.18. The Kier molecular flexibility index (Phi) is 3.37. The van der Waals surface area contributed by atoms with Crippen molar-refractivity contribution < 1.29 is 19.2 Å². The summed E-state index contributed by atoms with van der Waals surface area (Å²) in [5.74, 6) is -1.68. The van der Waals surface area contributed by atoms with Crippen LogP contribution in [-0.4, -0.2) is 28.6 Å². The van der Waals surface area contributed by atoms with Gasteiger partial charge in [-0.05, 0) is 31.4 Å². The van der Waals surface area contributed by atoms with Crippen molar-refractivity contribution in [1.29, 1.82) is 0 Å². The van der Waals surface area contributed by atoms with E-state index in [0.29, 0.717) is 19.4 Å². The van der Waals surface area contributed by atoms with E-state index in [1.54, 1.807) is 0 Å². The number of hydrogen-bond donors (Lipinski definition) is 1. The van der Waals surface area contributed by atoms with Gasteiger partial charge in [0.25, 0.3) is 5.69 Å². The maximum Gasteiger partial charge on any atom is 0.326 e. The summed E-state index contributed by atoms with van der Waals surface area (Å²) >= 11 is 0. The average molecular weight is 268 g/mol. The van der Waals surface area contributed by atoms with Crippen LogP contribution in [0.25, 0.3) is 0 Å². The maximum absolute atomic E-state index is 13.4. The molecule has 1 aromatic carbocycles. The number of hydrogen-bond acceptors (Lipinski definition) is 4. The molecule has 1 atom stereocenters. The van der Waals surface area contributed by atoms with E-state index in [2.05, 4.69) is 0 Å². The number of aryl methyl sites for hydroxylation is 1. The van der Waals surface area contributed by atoms with Gasteiger partial charge < -0.3 is 10.0 Å². The summed E-state index contributed by atoms with van der Waals surface area (Å²) in [7, 11) is 0. The summed E-state index contributed by atoms with van der Waals surface area (Å²) in [5.41, 5.74) is 0.0432. The van der Waals surface area contributed by atoms with Gasteiger partial charge in [-0.25, -0.2) is 9.18 Å². The number of carbonyl (C=O) groups is 1. The molecule has 0 radical (unpaired) electrons.